The highest BCUT2D eigenvalue weighted by molar-refractivity contribution is 8.00. The molecule has 0 saturated heterocycles. The van der Waals surface area contributed by atoms with Gasteiger partial charge in [0.2, 0.25) is 11.8 Å². The Kier molecular flexibility index (Phi) is 6.56. The lowest BCUT2D eigenvalue weighted by Crippen LogP contribution is -2.39. The van der Waals surface area contributed by atoms with Crippen LogP contribution >= 0.6 is 23.4 Å². The highest BCUT2D eigenvalue weighted by atomic mass is 35.5. The van der Waals surface area contributed by atoms with Gasteiger partial charge in [0.05, 0.1) is 5.25 Å². The Balaban J connectivity index is 1.57. The highest BCUT2D eigenvalue weighted by Crippen LogP contribution is 2.27. The van der Waals surface area contributed by atoms with E-state index in [1.807, 2.05) is 26.0 Å². The van der Waals surface area contributed by atoms with E-state index in [-0.39, 0.29) is 5.22 Å². The van der Waals surface area contributed by atoms with Crippen molar-refractivity contribution < 1.29 is 14.0 Å². The first-order valence-corrected chi connectivity index (χ1v) is 10.0. The third-order valence-corrected chi connectivity index (χ3v) is 5.16. The predicted molar refractivity (Wildman–Crippen MR) is 113 cm³/mol. The molecule has 0 spiro atoms. The minimum absolute atomic E-state index is 0.220. The van der Waals surface area contributed by atoms with E-state index in [9.17, 15) is 9.59 Å². The van der Waals surface area contributed by atoms with Crippen LogP contribution < -0.4 is 10.6 Å². The molecule has 1 atom stereocenters. The Hall–Kier alpha value is -2.84. The van der Waals surface area contributed by atoms with Gasteiger partial charge in [-0.2, -0.15) is 0 Å². The summed E-state index contributed by atoms with van der Waals surface area (Å²) in [5.74, 6) is -0.171. The van der Waals surface area contributed by atoms with Crippen LogP contribution in [0.25, 0.3) is 11.5 Å². The molecule has 3 rings (SSSR count). The third-order valence-electron chi connectivity index (χ3n) is 3.99. The molecular weight excluding hydrogens is 412 g/mol. The fourth-order valence-corrected chi connectivity index (χ4v) is 3.39. The number of carbonyl (C=O) groups excluding carboxylic acids is 2. The number of aromatic nitrogens is 2. The minimum atomic E-state index is -0.618. The average molecular weight is 431 g/mol. The number of aryl methyl sites for hydroxylation is 2. The number of benzene rings is 2. The van der Waals surface area contributed by atoms with Crippen LogP contribution in [0.3, 0.4) is 0 Å². The number of urea groups is 1. The number of halogens is 1. The van der Waals surface area contributed by atoms with Crippen LogP contribution in [0.5, 0.6) is 0 Å². The summed E-state index contributed by atoms with van der Waals surface area (Å²) in [6.07, 6.45) is 0. The maximum Gasteiger partial charge on any atom is 0.325 e. The summed E-state index contributed by atoms with van der Waals surface area (Å²) in [6.45, 7) is 5.50. The van der Waals surface area contributed by atoms with Crippen molar-refractivity contribution in [3.05, 3.63) is 58.6 Å². The van der Waals surface area contributed by atoms with Crippen molar-refractivity contribution in [1.29, 1.82) is 0 Å². The fourth-order valence-electron chi connectivity index (χ4n) is 2.52. The first-order valence-electron chi connectivity index (χ1n) is 8.77. The zero-order chi connectivity index (χ0) is 21.0. The highest BCUT2D eigenvalue weighted by Gasteiger charge is 2.21. The van der Waals surface area contributed by atoms with E-state index in [4.69, 9.17) is 16.0 Å². The second kappa shape index (κ2) is 9.11. The van der Waals surface area contributed by atoms with E-state index in [2.05, 4.69) is 20.8 Å². The number of nitrogens with one attached hydrogen (secondary N) is 2. The van der Waals surface area contributed by atoms with Gasteiger partial charge >= 0.3 is 6.03 Å². The summed E-state index contributed by atoms with van der Waals surface area (Å²) in [5, 5.41) is 13.0. The number of anilines is 1. The number of carbonyl (C=O) groups is 2. The van der Waals surface area contributed by atoms with Gasteiger partial charge in [0.25, 0.3) is 5.22 Å². The Morgan fingerprint density at radius 2 is 1.93 bits per heavy atom. The number of imide groups is 1. The van der Waals surface area contributed by atoms with Gasteiger partial charge in [-0.1, -0.05) is 47.1 Å². The van der Waals surface area contributed by atoms with Crippen molar-refractivity contribution in [1.82, 2.24) is 15.5 Å². The van der Waals surface area contributed by atoms with Crippen LogP contribution in [-0.4, -0.2) is 27.4 Å². The van der Waals surface area contributed by atoms with Crippen molar-refractivity contribution in [2.75, 3.05) is 5.32 Å². The predicted octanol–water partition coefficient (Wildman–Crippen LogP) is 4.84. The molecule has 1 heterocycles. The molecule has 0 aliphatic heterocycles. The van der Waals surface area contributed by atoms with E-state index >= 15 is 0 Å². The summed E-state index contributed by atoms with van der Waals surface area (Å²) >= 11 is 7.02. The van der Waals surface area contributed by atoms with Crippen LogP contribution in [0.1, 0.15) is 18.1 Å². The molecule has 150 valence electrons. The molecule has 1 unspecified atom stereocenters. The Morgan fingerprint density at radius 1 is 1.14 bits per heavy atom. The lowest BCUT2D eigenvalue weighted by molar-refractivity contribution is -0.119. The normalized spacial score (nSPS) is 11.7. The van der Waals surface area contributed by atoms with Crippen molar-refractivity contribution in [2.45, 2.75) is 31.2 Å². The summed E-state index contributed by atoms with van der Waals surface area (Å²) in [7, 11) is 0. The first kappa shape index (κ1) is 20.9. The van der Waals surface area contributed by atoms with Crippen LogP contribution in [0, 0.1) is 13.8 Å². The van der Waals surface area contributed by atoms with Gasteiger partial charge in [0, 0.05) is 16.3 Å². The van der Waals surface area contributed by atoms with E-state index in [0.29, 0.717) is 22.2 Å². The molecule has 2 aromatic carbocycles. The van der Waals surface area contributed by atoms with Crippen molar-refractivity contribution in [2.24, 2.45) is 0 Å². The Labute approximate surface area is 177 Å². The molecule has 2 N–H and O–H groups in total. The van der Waals surface area contributed by atoms with Gasteiger partial charge in [-0.3, -0.25) is 10.1 Å². The molecule has 3 aromatic rings. The van der Waals surface area contributed by atoms with Crippen molar-refractivity contribution in [3.63, 3.8) is 0 Å². The van der Waals surface area contributed by atoms with Gasteiger partial charge in [-0.15, -0.1) is 10.2 Å². The molecule has 0 bridgehead atoms. The lowest BCUT2D eigenvalue weighted by Gasteiger charge is -2.12. The van der Waals surface area contributed by atoms with Gasteiger partial charge in [0.1, 0.15) is 0 Å². The lowest BCUT2D eigenvalue weighted by atomic mass is 10.1. The molecule has 9 heteroatoms. The van der Waals surface area contributed by atoms with Gasteiger partial charge in [0.15, 0.2) is 0 Å². The van der Waals surface area contributed by atoms with E-state index in [0.717, 1.165) is 22.9 Å². The maximum atomic E-state index is 12.3. The van der Waals surface area contributed by atoms with E-state index in [1.54, 1.807) is 37.3 Å². The summed E-state index contributed by atoms with van der Waals surface area (Å²) in [4.78, 5) is 24.4. The standard InChI is InChI=1S/C20H19ClN4O3S/c1-11-7-8-16(12(2)9-11)22-19(27)23-17(26)13(3)29-20-25-24-18(28-20)14-5-4-6-15(21)10-14/h4-10,13H,1-3H3,(H2,22,23,26,27). The molecule has 0 radical (unpaired) electrons. The molecule has 0 saturated carbocycles. The van der Waals surface area contributed by atoms with Crippen LogP contribution in [0.4, 0.5) is 10.5 Å². The third kappa shape index (κ3) is 5.58. The van der Waals surface area contributed by atoms with Crippen molar-refractivity contribution >= 4 is 41.0 Å². The first-order chi connectivity index (χ1) is 13.8. The van der Waals surface area contributed by atoms with E-state index in [1.165, 1.54) is 0 Å². The second-order valence-electron chi connectivity index (χ2n) is 6.41. The monoisotopic (exact) mass is 430 g/mol. The molecule has 29 heavy (non-hydrogen) atoms. The topological polar surface area (TPSA) is 97.1 Å². The SMILES string of the molecule is Cc1ccc(NC(=O)NC(=O)C(C)Sc2nnc(-c3cccc(Cl)c3)o2)c(C)c1. The quantitative estimate of drug-likeness (QED) is 0.562. The summed E-state index contributed by atoms with van der Waals surface area (Å²) < 4.78 is 5.57. The second-order valence-corrected chi connectivity index (χ2v) is 8.13. The number of rotatable bonds is 5. The van der Waals surface area contributed by atoms with Gasteiger partial charge < -0.3 is 9.73 Å². The summed E-state index contributed by atoms with van der Waals surface area (Å²) in [5.41, 5.74) is 3.33. The number of hydrogen-bond acceptors (Lipinski definition) is 6. The van der Waals surface area contributed by atoms with Crippen LogP contribution in [-0.2, 0) is 4.79 Å². The minimum Gasteiger partial charge on any atom is -0.411 e. The molecule has 0 aliphatic carbocycles. The molecular formula is C20H19ClN4O3S. The summed E-state index contributed by atoms with van der Waals surface area (Å²) in [6, 6.07) is 12.0. The molecule has 0 aliphatic rings. The largest absolute Gasteiger partial charge is 0.411 e. The van der Waals surface area contributed by atoms with Crippen LogP contribution in [0.2, 0.25) is 5.02 Å². The average Bonchev–Trinajstić information content (AvgIpc) is 3.12. The number of thioether (sulfide) groups is 1. The fraction of sp³-hybridized carbons (Fsp3) is 0.200. The number of amides is 3. The van der Waals surface area contributed by atoms with Crippen LogP contribution in [0.15, 0.2) is 52.1 Å². The zero-order valence-corrected chi connectivity index (χ0v) is 17.6. The zero-order valence-electron chi connectivity index (χ0n) is 16.0. The smallest absolute Gasteiger partial charge is 0.325 e. The molecule has 7 nitrogen and oxygen atoms in total. The molecule has 1 aromatic heterocycles. The Bertz CT molecular complexity index is 1050. The van der Waals surface area contributed by atoms with Gasteiger partial charge in [-0.05, 0) is 50.6 Å². The molecule has 0 fully saturated rings. The Morgan fingerprint density at radius 3 is 2.66 bits per heavy atom. The van der Waals surface area contributed by atoms with E-state index < -0.39 is 17.2 Å². The number of hydrogen-bond donors (Lipinski definition) is 2. The maximum absolute atomic E-state index is 12.3. The number of nitrogens with zero attached hydrogens (tertiary/aromatic N) is 2. The van der Waals surface area contributed by atoms with Gasteiger partial charge in [-0.25, -0.2) is 4.79 Å². The van der Waals surface area contributed by atoms with Crippen molar-refractivity contribution in [3.8, 4) is 11.5 Å². The molecule has 3 amide bonds.